The number of rotatable bonds is 7. The largest absolute Gasteiger partial charge is 0.390 e. The first-order chi connectivity index (χ1) is 6.63. The molecule has 0 heterocycles. The van der Waals surface area contributed by atoms with Gasteiger partial charge in [0.2, 0.25) is 0 Å². The van der Waals surface area contributed by atoms with Gasteiger partial charge in [0.05, 0.1) is 6.10 Å². The second-order valence-corrected chi connectivity index (χ2v) is 4.54. The Kier molecular flexibility index (Phi) is 4.85. The standard InChI is InChI=1S/C11H24N2O/c1-4-13(10-5-6-10)8-11(14)7-12-9(2)3/h9-12,14H,4-8H2,1-3H3. The van der Waals surface area contributed by atoms with E-state index in [2.05, 4.69) is 31.0 Å². The van der Waals surface area contributed by atoms with Crippen molar-refractivity contribution in [3.63, 3.8) is 0 Å². The van der Waals surface area contributed by atoms with Gasteiger partial charge in [0, 0.05) is 25.2 Å². The summed E-state index contributed by atoms with van der Waals surface area (Å²) in [6.45, 7) is 8.96. The molecule has 3 nitrogen and oxygen atoms in total. The summed E-state index contributed by atoms with van der Waals surface area (Å²) in [4.78, 5) is 2.38. The van der Waals surface area contributed by atoms with Crippen LogP contribution in [0.5, 0.6) is 0 Å². The molecular weight excluding hydrogens is 176 g/mol. The maximum absolute atomic E-state index is 9.77. The van der Waals surface area contributed by atoms with Crippen LogP contribution in [-0.4, -0.2) is 47.8 Å². The van der Waals surface area contributed by atoms with E-state index in [1.807, 2.05) is 0 Å². The van der Waals surface area contributed by atoms with E-state index >= 15 is 0 Å². The van der Waals surface area contributed by atoms with Crippen LogP contribution in [0.25, 0.3) is 0 Å². The number of likely N-dealkylation sites (N-methyl/N-ethyl adjacent to an activating group) is 1. The smallest absolute Gasteiger partial charge is 0.0791 e. The van der Waals surface area contributed by atoms with Gasteiger partial charge in [-0.25, -0.2) is 0 Å². The van der Waals surface area contributed by atoms with E-state index in [0.29, 0.717) is 12.6 Å². The molecule has 0 aromatic heterocycles. The minimum Gasteiger partial charge on any atom is -0.390 e. The van der Waals surface area contributed by atoms with Crippen molar-refractivity contribution in [1.29, 1.82) is 0 Å². The Hall–Kier alpha value is -0.120. The zero-order chi connectivity index (χ0) is 10.6. The fourth-order valence-electron chi connectivity index (χ4n) is 1.68. The number of nitrogens with one attached hydrogen (secondary N) is 1. The van der Waals surface area contributed by atoms with Crippen molar-refractivity contribution in [2.45, 2.75) is 51.8 Å². The van der Waals surface area contributed by atoms with Crippen molar-refractivity contribution >= 4 is 0 Å². The van der Waals surface area contributed by atoms with Gasteiger partial charge in [-0.05, 0) is 19.4 Å². The molecule has 0 bridgehead atoms. The molecule has 14 heavy (non-hydrogen) atoms. The van der Waals surface area contributed by atoms with E-state index in [-0.39, 0.29) is 6.10 Å². The molecule has 1 rings (SSSR count). The number of aliphatic hydroxyl groups is 1. The highest BCUT2D eigenvalue weighted by Gasteiger charge is 2.28. The van der Waals surface area contributed by atoms with Crippen LogP contribution in [0.4, 0.5) is 0 Å². The second-order valence-electron chi connectivity index (χ2n) is 4.54. The van der Waals surface area contributed by atoms with E-state index < -0.39 is 0 Å². The predicted octanol–water partition coefficient (Wildman–Crippen LogP) is 0.830. The minimum atomic E-state index is -0.224. The molecular formula is C11H24N2O. The van der Waals surface area contributed by atoms with E-state index in [9.17, 15) is 5.11 Å². The van der Waals surface area contributed by atoms with E-state index in [4.69, 9.17) is 0 Å². The Bertz CT molecular complexity index is 157. The Morgan fingerprint density at radius 1 is 1.43 bits per heavy atom. The van der Waals surface area contributed by atoms with Gasteiger partial charge < -0.3 is 10.4 Å². The summed E-state index contributed by atoms with van der Waals surface area (Å²) in [5, 5.41) is 13.0. The van der Waals surface area contributed by atoms with Crippen molar-refractivity contribution in [3.8, 4) is 0 Å². The third-order valence-electron chi connectivity index (χ3n) is 2.68. The van der Waals surface area contributed by atoms with Crippen molar-refractivity contribution < 1.29 is 5.11 Å². The molecule has 1 unspecified atom stereocenters. The number of aliphatic hydroxyl groups excluding tert-OH is 1. The van der Waals surface area contributed by atoms with Gasteiger partial charge in [-0.2, -0.15) is 0 Å². The molecule has 0 saturated heterocycles. The zero-order valence-electron chi connectivity index (χ0n) is 9.66. The SMILES string of the molecule is CCN(CC(O)CNC(C)C)C1CC1. The molecule has 3 heteroatoms. The topological polar surface area (TPSA) is 35.5 Å². The molecule has 1 atom stereocenters. The highest BCUT2D eigenvalue weighted by Crippen LogP contribution is 2.26. The van der Waals surface area contributed by atoms with Crippen LogP contribution in [-0.2, 0) is 0 Å². The van der Waals surface area contributed by atoms with Crippen molar-refractivity contribution in [3.05, 3.63) is 0 Å². The third-order valence-corrected chi connectivity index (χ3v) is 2.68. The summed E-state index contributed by atoms with van der Waals surface area (Å²) in [7, 11) is 0. The van der Waals surface area contributed by atoms with Gasteiger partial charge in [-0.3, -0.25) is 4.90 Å². The summed E-state index contributed by atoms with van der Waals surface area (Å²) in [5.41, 5.74) is 0. The molecule has 1 saturated carbocycles. The van der Waals surface area contributed by atoms with Gasteiger partial charge in [0.1, 0.15) is 0 Å². The van der Waals surface area contributed by atoms with Gasteiger partial charge in [0.15, 0.2) is 0 Å². The summed E-state index contributed by atoms with van der Waals surface area (Å²) < 4.78 is 0. The molecule has 0 radical (unpaired) electrons. The lowest BCUT2D eigenvalue weighted by Gasteiger charge is -2.24. The molecule has 0 aromatic rings. The summed E-state index contributed by atoms with van der Waals surface area (Å²) in [6.07, 6.45) is 2.41. The van der Waals surface area contributed by atoms with Crippen LogP contribution in [0.1, 0.15) is 33.6 Å². The van der Waals surface area contributed by atoms with Crippen LogP contribution in [0.3, 0.4) is 0 Å². The van der Waals surface area contributed by atoms with Crippen LogP contribution >= 0.6 is 0 Å². The molecule has 0 amide bonds. The molecule has 0 spiro atoms. The first-order valence-electron chi connectivity index (χ1n) is 5.79. The summed E-state index contributed by atoms with van der Waals surface area (Å²) in [5.74, 6) is 0. The molecule has 84 valence electrons. The number of hydrogen-bond donors (Lipinski definition) is 2. The lowest BCUT2D eigenvalue weighted by molar-refractivity contribution is 0.108. The van der Waals surface area contributed by atoms with Gasteiger partial charge in [0.25, 0.3) is 0 Å². The molecule has 2 N–H and O–H groups in total. The number of hydrogen-bond acceptors (Lipinski definition) is 3. The van der Waals surface area contributed by atoms with Gasteiger partial charge in [-0.15, -0.1) is 0 Å². The Morgan fingerprint density at radius 3 is 2.50 bits per heavy atom. The predicted molar refractivity (Wildman–Crippen MR) is 59.4 cm³/mol. The van der Waals surface area contributed by atoms with E-state index in [1.165, 1.54) is 12.8 Å². The zero-order valence-corrected chi connectivity index (χ0v) is 9.66. The quantitative estimate of drug-likeness (QED) is 0.639. The first kappa shape index (κ1) is 12.0. The molecule has 1 aliphatic rings. The normalized spacial score (nSPS) is 19.3. The average molecular weight is 200 g/mol. The first-order valence-corrected chi connectivity index (χ1v) is 5.79. The fraction of sp³-hybridized carbons (Fsp3) is 1.00. The maximum atomic E-state index is 9.77. The second kappa shape index (κ2) is 5.69. The van der Waals surface area contributed by atoms with E-state index in [1.54, 1.807) is 0 Å². The highest BCUT2D eigenvalue weighted by molar-refractivity contribution is 4.85. The summed E-state index contributed by atoms with van der Waals surface area (Å²) >= 11 is 0. The highest BCUT2D eigenvalue weighted by atomic mass is 16.3. The minimum absolute atomic E-state index is 0.224. The molecule has 1 fully saturated rings. The van der Waals surface area contributed by atoms with Gasteiger partial charge >= 0.3 is 0 Å². The van der Waals surface area contributed by atoms with E-state index in [0.717, 1.165) is 19.1 Å². The van der Waals surface area contributed by atoms with Crippen molar-refractivity contribution in [1.82, 2.24) is 10.2 Å². The van der Waals surface area contributed by atoms with Crippen LogP contribution < -0.4 is 5.32 Å². The van der Waals surface area contributed by atoms with Crippen LogP contribution in [0.2, 0.25) is 0 Å². The van der Waals surface area contributed by atoms with Crippen molar-refractivity contribution in [2.24, 2.45) is 0 Å². The Morgan fingerprint density at radius 2 is 2.07 bits per heavy atom. The monoisotopic (exact) mass is 200 g/mol. The average Bonchev–Trinajstić information content (AvgIpc) is 2.94. The van der Waals surface area contributed by atoms with Crippen LogP contribution in [0, 0.1) is 0 Å². The molecule has 0 aromatic carbocycles. The van der Waals surface area contributed by atoms with Crippen molar-refractivity contribution in [2.75, 3.05) is 19.6 Å². The summed E-state index contributed by atoms with van der Waals surface area (Å²) in [6, 6.07) is 1.22. The molecule has 0 aliphatic heterocycles. The fourth-order valence-corrected chi connectivity index (χ4v) is 1.68. The van der Waals surface area contributed by atoms with Crippen LogP contribution in [0.15, 0.2) is 0 Å². The third kappa shape index (κ3) is 4.40. The lowest BCUT2D eigenvalue weighted by atomic mass is 10.3. The van der Waals surface area contributed by atoms with Gasteiger partial charge in [-0.1, -0.05) is 20.8 Å². The lowest BCUT2D eigenvalue weighted by Crippen LogP contribution is -2.41. The molecule has 1 aliphatic carbocycles. The number of nitrogens with zero attached hydrogens (tertiary/aromatic N) is 1. The Balaban J connectivity index is 2.13. The maximum Gasteiger partial charge on any atom is 0.0791 e. The Labute approximate surface area is 87.5 Å².